The highest BCUT2D eigenvalue weighted by Gasteiger charge is 2.74. The van der Waals surface area contributed by atoms with Gasteiger partial charge in [0.05, 0.1) is 23.9 Å². The van der Waals surface area contributed by atoms with Gasteiger partial charge in [0.1, 0.15) is 11.9 Å². The van der Waals surface area contributed by atoms with Gasteiger partial charge < -0.3 is 20.1 Å². The molecule has 3 aliphatic carbocycles. The third-order valence-corrected chi connectivity index (χ3v) is 8.79. The molecular weight excluding hydrogens is 514 g/mol. The summed E-state index contributed by atoms with van der Waals surface area (Å²) in [5.41, 5.74) is 2.16. The third kappa shape index (κ3) is 3.92. The van der Waals surface area contributed by atoms with Gasteiger partial charge in [0.2, 0.25) is 5.82 Å². The lowest BCUT2D eigenvalue weighted by atomic mass is 9.95. The van der Waals surface area contributed by atoms with Gasteiger partial charge in [-0.3, -0.25) is 4.79 Å². The summed E-state index contributed by atoms with van der Waals surface area (Å²) in [5.74, 6) is 7.09. The summed E-state index contributed by atoms with van der Waals surface area (Å²) in [6.45, 7) is 1.48. The van der Waals surface area contributed by atoms with E-state index in [4.69, 9.17) is 21.6 Å². The summed E-state index contributed by atoms with van der Waals surface area (Å²) in [7, 11) is 0. The Hall–Kier alpha value is -3.77. The van der Waals surface area contributed by atoms with Crippen molar-refractivity contribution < 1.29 is 15.0 Å². The van der Waals surface area contributed by atoms with E-state index in [0.29, 0.717) is 40.2 Å². The predicted octanol–water partition coefficient (Wildman–Crippen LogP) is 3.72. The number of carbonyl (C=O) groups is 1. The Morgan fingerprint density at radius 3 is 2.69 bits per heavy atom. The number of benzene rings is 2. The first-order valence-corrected chi connectivity index (χ1v) is 13.5. The van der Waals surface area contributed by atoms with Crippen LogP contribution < -0.4 is 5.32 Å². The lowest BCUT2D eigenvalue weighted by Gasteiger charge is -2.23. The zero-order valence-corrected chi connectivity index (χ0v) is 21.9. The van der Waals surface area contributed by atoms with Crippen LogP contribution in [0.15, 0.2) is 60.9 Å². The Morgan fingerprint density at radius 1 is 1.13 bits per heavy atom. The third-order valence-electron chi connectivity index (χ3n) is 8.55. The van der Waals surface area contributed by atoms with Crippen LogP contribution in [-0.2, 0) is 4.79 Å². The molecule has 8 nitrogen and oxygen atoms in total. The molecule has 0 amide bonds. The van der Waals surface area contributed by atoms with Crippen molar-refractivity contribution in [1.82, 2.24) is 19.5 Å². The Labute approximate surface area is 230 Å². The molecule has 3 fully saturated rings. The number of Topliss-reactive ketones (excluding diaryl/α,β-unsaturated/α-hetero) is 1. The average Bonchev–Trinajstić information content (AvgIpc) is 3.81. The average molecular weight is 540 g/mol. The molecule has 39 heavy (non-hydrogen) atoms. The molecular formula is C30H26ClN5O3. The first-order chi connectivity index (χ1) is 18.9. The Bertz CT molecular complexity index is 1680. The van der Waals surface area contributed by atoms with Crippen LogP contribution in [0, 0.1) is 23.2 Å². The number of aliphatic hydroxyl groups excluding tert-OH is 2. The van der Waals surface area contributed by atoms with Crippen molar-refractivity contribution in [2.45, 2.75) is 50.0 Å². The molecule has 9 heteroatoms. The van der Waals surface area contributed by atoms with Crippen LogP contribution >= 0.6 is 11.6 Å². The Morgan fingerprint density at radius 2 is 1.95 bits per heavy atom. The summed E-state index contributed by atoms with van der Waals surface area (Å²) < 4.78 is 1.78. The highest BCUT2D eigenvalue weighted by Crippen LogP contribution is 2.68. The molecule has 196 valence electrons. The number of fused-ring (bicyclic) bond motifs is 2. The van der Waals surface area contributed by atoms with E-state index >= 15 is 0 Å². The maximum absolute atomic E-state index is 12.4. The minimum atomic E-state index is -1.12. The van der Waals surface area contributed by atoms with Crippen LogP contribution in [0.1, 0.15) is 48.7 Å². The normalized spacial score (nSPS) is 30.4. The zero-order valence-electron chi connectivity index (χ0n) is 21.1. The second-order valence-electron chi connectivity index (χ2n) is 10.8. The fraction of sp³-hybridized carbons (Fsp3) is 0.333. The lowest BCUT2D eigenvalue weighted by molar-refractivity contribution is -0.128. The largest absolute Gasteiger partial charge is 0.389 e. The van der Waals surface area contributed by atoms with E-state index in [0.717, 1.165) is 12.0 Å². The Kier molecular flexibility index (Phi) is 5.53. The van der Waals surface area contributed by atoms with Crippen molar-refractivity contribution in [3.63, 3.8) is 0 Å². The van der Waals surface area contributed by atoms with E-state index in [9.17, 15) is 15.0 Å². The standard InChI is InChI=1S/C30H26ClN5O3/c1-16(37)30-14-21(30)25(26(38)27(30)39)36-15-32-24-28(33-22-13-20(22)18-7-3-2-4-8-18)34-23(35-29(24)36)11-10-17-6-5-9-19(31)12-17/h2-9,12,15,20-22,25-27,38-39H,13-14H2,1H3,(H,33,34,35)/t20?,21?,22-,25-,26+,27?,30+/m1/s1. The number of anilines is 1. The highest BCUT2D eigenvalue weighted by molar-refractivity contribution is 6.30. The summed E-state index contributed by atoms with van der Waals surface area (Å²) >= 11 is 6.12. The summed E-state index contributed by atoms with van der Waals surface area (Å²) in [4.78, 5) is 26.5. The van der Waals surface area contributed by atoms with Crippen molar-refractivity contribution >= 4 is 34.4 Å². The molecule has 2 aromatic carbocycles. The minimum Gasteiger partial charge on any atom is -0.389 e. The quantitative estimate of drug-likeness (QED) is 0.331. The molecule has 0 bridgehead atoms. The van der Waals surface area contributed by atoms with Crippen LogP contribution in [0.4, 0.5) is 5.82 Å². The van der Waals surface area contributed by atoms with Crippen molar-refractivity contribution in [1.29, 1.82) is 0 Å². The number of hydrogen-bond donors (Lipinski definition) is 3. The monoisotopic (exact) mass is 539 g/mol. The number of nitrogens with one attached hydrogen (secondary N) is 1. The number of ketones is 1. The lowest BCUT2D eigenvalue weighted by Crippen LogP contribution is -2.36. The number of rotatable bonds is 5. The molecule has 3 unspecified atom stereocenters. The molecule has 3 N–H and O–H groups in total. The van der Waals surface area contributed by atoms with Crippen molar-refractivity contribution in [2.75, 3.05) is 5.32 Å². The number of aliphatic hydroxyl groups is 2. The molecule has 0 radical (unpaired) electrons. The summed E-state index contributed by atoms with van der Waals surface area (Å²) in [6, 6.07) is 17.3. The first kappa shape index (κ1) is 24.3. The SMILES string of the molecule is CC(=O)[C@@]12CC1[C@@H](n1cnc3c(N[C@@H]4CC4c4ccccc4)nc(C#Cc4cccc(Cl)c4)nc31)[C@H](O)C2O. The maximum atomic E-state index is 12.4. The van der Waals surface area contributed by atoms with Crippen LogP contribution in [0.3, 0.4) is 0 Å². The van der Waals surface area contributed by atoms with E-state index in [1.165, 1.54) is 12.5 Å². The molecule has 7 atom stereocenters. The van der Waals surface area contributed by atoms with E-state index < -0.39 is 23.7 Å². The van der Waals surface area contributed by atoms with Gasteiger partial charge in [-0.15, -0.1) is 0 Å². The maximum Gasteiger partial charge on any atom is 0.209 e. The van der Waals surface area contributed by atoms with E-state index in [1.54, 1.807) is 23.0 Å². The summed E-state index contributed by atoms with van der Waals surface area (Å²) in [5, 5.41) is 25.9. The topological polar surface area (TPSA) is 113 Å². The number of aromatic nitrogens is 4. The highest BCUT2D eigenvalue weighted by atomic mass is 35.5. The fourth-order valence-corrected chi connectivity index (χ4v) is 6.55. The van der Waals surface area contributed by atoms with Crippen molar-refractivity contribution in [2.24, 2.45) is 11.3 Å². The van der Waals surface area contributed by atoms with Crippen molar-refractivity contribution in [3.8, 4) is 11.8 Å². The van der Waals surface area contributed by atoms with E-state index in [1.807, 2.05) is 30.3 Å². The number of hydrogen-bond acceptors (Lipinski definition) is 7. The second-order valence-corrected chi connectivity index (χ2v) is 11.3. The second kappa shape index (κ2) is 8.88. The van der Waals surface area contributed by atoms with Gasteiger partial charge in [-0.2, -0.15) is 0 Å². The van der Waals surface area contributed by atoms with Crippen molar-refractivity contribution in [3.05, 3.63) is 82.9 Å². The number of carbonyl (C=O) groups excluding carboxylic acids is 1. The van der Waals surface area contributed by atoms with Gasteiger partial charge in [-0.05, 0) is 55.4 Å². The van der Waals surface area contributed by atoms with E-state index in [2.05, 4.69) is 34.3 Å². The van der Waals surface area contributed by atoms with Gasteiger partial charge in [-0.1, -0.05) is 53.9 Å². The van der Waals surface area contributed by atoms with Gasteiger partial charge in [-0.25, -0.2) is 15.0 Å². The number of imidazole rings is 1. The van der Waals surface area contributed by atoms with Crippen LogP contribution in [0.5, 0.6) is 0 Å². The zero-order chi connectivity index (χ0) is 26.9. The molecule has 3 aliphatic rings. The smallest absolute Gasteiger partial charge is 0.209 e. The molecule has 3 saturated carbocycles. The summed E-state index contributed by atoms with van der Waals surface area (Å²) in [6.07, 6.45) is 0.889. The molecule has 2 heterocycles. The van der Waals surface area contributed by atoms with Crippen LogP contribution in [0.25, 0.3) is 11.2 Å². The molecule has 0 spiro atoms. The van der Waals surface area contributed by atoms with E-state index in [-0.39, 0.29) is 17.7 Å². The predicted molar refractivity (Wildman–Crippen MR) is 146 cm³/mol. The Balaban J connectivity index is 1.29. The number of halogens is 1. The first-order valence-electron chi connectivity index (χ1n) is 13.1. The molecule has 0 aliphatic heterocycles. The fourth-order valence-electron chi connectivity index (χ4n) is 6.36. The number of nitrogens with zero attached hydrogens (tertiary/aromatic N) is 4. The molecule has 7 rings (SSSR count). The van der Waals surface area contributed by atoms with Crippen LogP contribution in [0.2, 0.25) is 5.02 Å². The van der Waals surface area contributed by atoms with Gasteiger partial charge in [0.15, 0.2) is 17.0 Å². The van der Waals surface area contributed by atoms with Gasteiger partial charge in [0, 0.05) is 22.5 Å². The van der Waals surface area contributed by atoms with Gasteiger partial charge in [0.25, 0.3) is 0 Å². The molecule has 4 aromatic rings. The molecule has 2 aromatic heterocycles. The molecule has 0 saturated heterocycles. The minimum absolute atomic E-state index is 0.100. The van der Waals surface area contributed by atoms with Crippen LogP contribution in [-0.4, -0.2) is 53.8 Å². The van der Waals surface area contributed by atoms with Gasteiger partial charge >= 0.3 is 0 Å².